The van der Waals surface area contributed by atoms with Gasteiger partial charge in [-0.25, -0.2) is 13.1 Å². The molecule has 1 saturated carbocycles. The summed E-state index contributed by atoms with van der Waals surface area (Å²) in [6.07, 6.45) is 3.73. The van der Waals surface area contributed by atoms with E-state index >= 15 is 0 Å². The van der Waals surface area contributed by atoms with Crippen LogP contribution in [0.2, 0.25) is 0 Å². The highest BCUT2D eigenvalue weighted by Crippen LogP contribution is 2.26. The Balaban J connectivity index is 1.81. The number of nitrogens with one attached hydrogen (secondary N) is 2. The Labute approximate surface area is 151 Å². The number of Topliss-reactive ketones (excluding diaryl/α,β-unsaturated/α-hetero) is 1. The molecule has 0 bridgehead atoms. The van der Waals surface area contributed by atoms with Gasteiger partial charge in [0.15, 0.2) is 5.78 Å². The van der Waals surface area contributed by atoms with Crippen molar-refractivity contribution in [3.05, 3.63) is 29.8 Å². The van der Waals surface area contributed by atoms with Crippen molar-refractivity contribution in [3.8, 4) is 0 Å². The molecule has 6 heteroatoms. The molecule has 1 fully saturated rings. The Hall–Kier alpha value is -1.40. The van der Waals surface area contributed by atoms with Gasteiger partial charge in [-0.05, 0) is 71.4 Å². The van der Waals surface area contributed by atoms with Gasteiger partial charge in [0, 0.05) is 23.8 Å². The summed E-state index contributed by atoms with van der Waals surface area (Å²) in [5, 5.41) is 3.41. The molecule has 2 N–H and O–H groups in total. The lowest BCUT2D eigenvalue weighted by atomic mass is 9.86. The zero-order valence-corrected chi connectivity index (χ0v) is 16.4. The van der Waals surface area contributed by atoms with Gasteiger partial charge in [0.2, 0.25) is 10.0 Å². The number of anilines is 1. The van der Waals surface area contributed by atoms with Gasteiger partial charge >= 0.3 is 0 Å². The highest BCUT2D eigenvalue weighted by molar-refractivity contribution is 7.90. The van der Waals surface area contributed by atoms with E-state index < -0.39 is 14.8 Å². The summed E-state index contributed by atoms with van der Waals surface area (Å²) in [6.45, 7) is 7.58. The second kappa shape index (κ2) is 7.87. The number of hydrogen-bond acceptors (Lipinski definition) is 4. The van der Waals surface area contributed by atoms with Crippen LogP contribution in [-0.2, 0) is 10.0 Å². The Morgan fingerprint density at radius 2 is 1.80 bits per heavy atom. The number of sulfonamides is 1. The monoisotopic (exact) mass is 366 g/mol. The van der Waals surface area contributed by atoms with Crippen LogP contribution in [0.15, 0.2) is 24.3 Å². The fourth-order valence-corrected chi connectivity index (χ4v) is 4.02. The second-order valence-electron chi connectivity index (χ2n) is 7.97. The average molecular weight is 367 g/mol. The van der Waals surface area contributed by atoms with Gasteiger partial charge in [0.1, 0.15) is 0 Å². The van der Waals surface area contributed by atoms with E-state index in [1.165, 1.54) is 0 Å². The molecule has 0 spiro atoms. The molecule has 1 aliphatic carbocycles. The van der Waals surface area contributed by atoms with Crippen LogP contribution in [0.5, 0.6) is 0 Å². The van der Waals surface area contributed by atoms with Gasteiger partial charge in [-0.2, -0.15) is 0 Å². The lowest BCUT2D eigenvalue weighted by molar-refractivity contribution is 0.101. The van der Waals surface area contributed by atoms with Crippen molar-refractivity contribution in [2.75, 3.05) is 11.9 Å². The summed E-state index contributed by atoms with van der Waals surface area (Å²) < 4.78 is 26.6. The summed E-state index contributed by atoms with van der Waals surface area (Å²) in [4.78, 5) is 11.4. The Morgan fingerprint density at radius 3 is 2.36 bits per heavy atom. The maximum Gasteiger partial charge on any atom is 0.216 e. The predicted octanol–water partition coefficient (Wildman–Crippen LogP) is 3.58. The lowest BCUT2D eigenvalue weighted by Crippen LogP contribution is -2.46. The van der Waals surface area contributed by atoms with Crippen LogP contribution in [0.3, 0.4) is 0 Å². The first-order valence-corrected chi connectivity index (χ1v) is 10.4. The van der Waals surface area contributed by atoms with Crippen LogP contribution in [0.25, 0.3) is 0 Å². The van der Waals surface area contributed by atoms with Crippen molar-refractivity contribution < 1.29 is 13.2 Å². The first kappa shape index (κ1) is 19.9. The third-order valence-electron chi connectivity index (χ3n) is 4.84. The maximum atomic E-state index is 12.2. The summed E-state index contributed by atoms with van der Waals surface area (Å²) >= 11 is 0. The van der Waals surface area contributed by atoms with Crippen molar-refractivity contribution in [2.24, 2.45) is 5.92 Å². The smallest absolute Gasteiger partial charge is 0.216 e. The van der Waals surface area contributed by atoms with Crippen molar-refractivity contribution in [2.45, 2.75) is 64.2 Å². The number of ketones is 1. The third kappa shape index (κ3) is 5.54. The summed E-state index contributed by atoms with van der Waals surface area (Å²) in [5.41, 5.74) is 1.67. The average Bonchev–Trinajstić information content (AvgIpc) is 2.53. The Kier molecular flexibility index (Phi) is 6.27. The van der Waals surface area contributed by atoms with E-state index in [0.29, 0.717) is 11.5 Å². The van der Waals surface area contributed by atoms with E-state index in [9.17, 15) is 13.2 Å². The molecule has 0 saturated heterocycles. The fourth-order valence-electron chi connectivity index (χ4n) is 2.99. The molecular formula is C19H30N2O3S. The molecule has 5 nitrogen and oxygen atoms in total. The molecule has 1 aliphatic rings. The molecule has 1 aromatic carbocycles. The van der Waals surface area contributed by atoms with Crippen LogP contribution >= 0.6 is 0 Å². The molecule has 25 heavy (non-hydrogen) atoms. The fraction of sp³-hybridized carbons (Fsp3) is 0.632. The molecule has 0 atom stereocenters. The molecule has 140 valence electrons. The molecule has 0 aliphatic heterocycles. The van der Waals surface area contributed by atoms with E-state index in [1.807, 2.05) is 24.3 Å². The maximum absolute atomic E-state index is 12.2. The van der Waals surface area contributed by atoms with E-state index in [4.69, 9.17) is 0 Å². The van der Waals surface area contributed by atoms with Crippen molar-refractivity contribution in [3.63, 3.8) is 0 Å². The molecular weight excluding hydrogens is 336 g/mol. The zero-order valence-electron chi connectivity index (χ0n) is 15.6. The molecule has 1 aromatic rings. The molecule has 0 amide bonds. The number of carbonyl (C=O) groups is 1. The third-order valence-corrected chi connectivity index (χ3v) is 7.09. The number of rotatable bonds is 6. The number of benzene rings is 1. The first-order valence-electron chi connectivity index (χ1n) is 8.95. The predicted molar refractivity (Wildman–Crippen MR) is 102 cm³/mol. The van der Waals surface area contributed by atoms with E-state index in [2.05, 4.69) is 10.0 Å². The standard InChI is InChI=1S/C19H30N2O3S/c1-14(22)16-6-5-7-18(12-16)20-13-15-8-10-17(11-9-15)21-25(23,24)19(2,3)4/h5-7,12,15,17,20-21H,8-11,13H2,1-4H3. The van der Waals surface area contributed by atoms with Crippen LogP contribution in [0, 0.1) is 5.92 Å². The van der Waals surface area contributed by atoms with Crippen LogP contribution in [0.4, 0.5) is 5.69 Å². The van der Waals surface area contributed by atoms with Gasteiger partial charge in [0.25, 0.3) is 0 Å². The molecule has 2 rings (SSSR count). The molecule has 0 heterocycles. The van der Waals surface area contributed by atoms with Crippen molar-refractivity contribution in [1.82, 2.24) is 4.72 Å². The van der Waals surface area contributed by atoms with Crippen molar-refractivity contribution >= 4 is 21.5 Å². The highest BCUT2D eigenvalue weighted by Gasteiger charge is 2.32. The Bertz CT molecular complexity index is 700. The molecule has 0 aromatic heterocycles. The first-order chi connectivity index (χ1) is 11.6. The minimum atomic E-state index is -3.28. The van der Waals surface area contributed by atoms with Gasteiger partial charge in [-0.1, -0.05) is 12.1 Å². The van der Waals surface area contributed by atoms with Crippen LogP contribution < -0.4 is 10.0 Å². The zero-order chi connectivity index (χ0) is 18.7. The SMILES string of the molecule is CC(=O)c1cccc(NCC2CCC(NS(=O)(=O)C(C)(C)C)CC2)c1. The summed E-state index contributed by atoms with van der Waals surface area (Å²) in [7, 11) is -3.28. The number of hydrogen-bond donors (Lipinski definition) is 2. The lowest BCUT2D eigenvalue weighted by Gasteiger charge is -2.31. The number of carbonyl (C=O) groups excluding carboxylic acids is 1. The Morgan fingerprint density at radius 1 is 1.16 bits per heavy atom. The van der Waals surface area contributed by atoms with E-state index in [1.54, 1.807) is 27.7 Å². The van der Waals surface area contributed by atoms with Gasteiger partial charge in [-0.15, -0.1) is 0 Å². The van der Waals surface area contributed by atoms with E-state index in [0.717, 1.165) is 37.9 Å². The summed E-state index contributed by atoms with van der Waals surface area (Å²) in [5.74, 6) is 0.590. The largest absolute Gasteiger partial charge is 0.385 e. The van der Waals surface area contributed by atoms with Crippen molar-refractivity contribution in [1.29, 1.82) is 0 Å². The van der Waals surface area contributed by atoms with Gasteiger partial charge in [0.05, 0.1) is 4.75 Å². The van der Waals surface area contributed by atoms with E-state index in [-0.39, 0.29) is 11.8 Å². The molecule has 0 radical (unpaired) electrons. The topological polar surface area (TPSA) is 75.3 Å². The minimum Gasteiger partial charge on any atom is -0.385 e. The quantitative estimate of drug-likeness (QED) is 0.755. The normalized spacial score (nSPS) is 21.8. The second-order valence-corrected chi connectivity index (χ2v) is 10.4. The summed E-state index contributed by atoms with van der Waals surface area (Å²) in [6, 6.07) is 7.60. The van der Waals surface area contributed by atoms with Crippen LogP contribution in [0.1, 0.15) is 63.7 Å². The van der Waals surface area contributed by atoms with Gasteiger partial charge in [-0.3, -0.25) is 4.79 Å². The minimum absolute atomic E-state index is 0.0431. The van der Waals surface area contributed by atoms with Gasteiger partial charge < -0.3 is 5.32 Å². The highest BCUT2D eigenvalue weighted by atomic mass is 32.2. The molecule has 0 unspecified atom stereocenters. The van der Waals surface area contributed by atoms with Crippen LogP contribution in [-0.4, -0.2) is 31.5 Å².